The molecule has 4 aliphatic heterocycles. The Balaban J connectivity index is 1.11. The van der Waals surface area contributed by atoms with Gasteiger partial charge in [0.15, 0.2) is 0 Å². The molecule has 11 nitrogen and oxygen atoms in total. The van der Waals surface area contributed by atoms with Crippen molar-refractivity contribution >= 4 is 33.4 Å². The zero-order valence-electron chi connectivity index (χ0n) is 28.1. The van der Waals surface area contributed by atoms with Crippen LogP contribution in [-0.2, 0) is 35.6 Å². The van der Waals surface area contributed by atoms with Crippen molar-refractivity contribution in [2.24, 2.45) is 11.3 Å². The Bertz CT molecular complexity index is 1590. The van der Waals surface area contributed by atoms with Gasteiger partial charge in [-0.05, 0) is 80.7 Å². The summed E-state index contributed by atoms with van der Waals surface area (Å²) in [4.78, 5) is 43.1. The number of fused-ring (bicyclic) bond motifs is 1. The van der Waals surface area contributed by atoms with Gasteiger partial charge in [0, 0.05) is 57.5 Å². The molecule has 1 spiro atoms. The summed E-state index contributed by atoms with van der Waals surface area (Å²) in [6.07, 6.45) is 10.6. The quantitative estimate of drug-likeness (QED) is 0.379. The van der Waals surface area contributed by atoms with Crippen molar-refractivity contribution in [2.75, 3.05) is 51.3 Å². The molecule has 0 aromatic heterocycles. The van der Waals surface area contributed by atoms with Crippen LogP contribution in [0.1, 0.15) is 56.9 Å². The van der Waals surface area contributed by atoms with Gasteiger partial charge in [0.25, 0.3) is 0 Å². The van der Waals surface area contributed by atoms with Gasteiger partial charge in [-0.25, -0.2) is 8.42 Å². The van der Waals surface area contributed by atoms with Gasteiger partial charge >= 0.3 is 0 Å². The summed E-state index contributed by atoms with van der Waals surface area (Å²) in [5, 5.41) is 9.34. The minimum Gasteiger partial charge on any atom is -0.381 e. The number of carbonyl (C=O) groups is 3. The van der Waals surface area contributed by atoms with Crippen molar-refractivity contribution in [1.29, 1.82) is 0 Å². The Hall–Kier alpha value is -3.58. The second-order valence-electron chi connectivity index (χ2n) is 14.0. The molecule has 4 heterocycles. The van der Waals surface area contributed by atoms with E-state index in [0.717, 1.165) is 24.8 Å². The zero-order valence-corrected chi connectivity index (χ0v) is 29.0. The average Bonchev–Trinajstić information content (AvgIpc) is 3.11. The third kappa shape index (κ3) is 8.78. The SMILES string of the molecule is O=C(CN1CC[C@@H]2NC(=O)[C@@H](Cc3ccccc3)NC(=O)C3(C/C=C/C[C@@H]2C1)CCOCC3)Nc1ccc(S(=O)(=O)N2CCCCC2)cc1. The first-order valence-corrected chi connectivity index (χ1v) is 19.2. The third-order valence-corrected chi connectivity index (χ3v) is 12.5. The Morgan fingerprint density at radius 3 is 2.39 bits per heavy atom. The van der Waals surface area contributed by atoms with Crippen LogP contribution in [0.4, 0.5) is 5.69 Å². The molecule has 3 amide bonds. The number of benzene rings is 2. The highest BCUT2D eigenvalue weighted by atomic mass is 32.2. The van der Waals surface area contributed by atoms with E-state index in [1.165, 1.54) is 4.31 Å². The second-order valence-corrected chi connectivity index (χ2v) is 15.9. The van der Waals surface area contributed by atoms with Crippen molar-refractivity contribution < 1.29 is 27.5 Å². The van der Waals surface area contributed by atoms with Gasteiger partial charge in [0.2, 0.25) is 27.7 Å². The van der Waals surface area contributed by atoms with Gasteiger partial charge in [-0.1, -0.05) is 48.9 Å². The van der Waals surface area contributed by atoms with Crippen LogP contribution in [0.2, 0.25) is 0 Å². The molecule has 2 aromatic rings. The summed E-state index contributed by atoms with van der Waals surface area (Å²) in [5.74, 6) is -0.368. The molecule has 0 aliphatic carbocycles. The van der Waals surface area contributed by atoms with E-state index in [-0.39, 0.29) is 41.1 Å². The van der Waals surface area contributed by atoms with Crippen LogP contribution >= 0.6 is 0 Å². The van der Waals surface area contributed by atoms with E-state index in [9.17, 15) is 22.8 Å². The van der Waals surface area contributed by atoms with E-state index >= 15 is 0 Å². The van der Waals surface area contributed by atoms with Crippen molar-refractivity contribution in [2.45, 2.75) is 74.8 Å². The first-order chi connectivity index (χ1) is 23.7. The molecule has 6 rings (SSSR count). The van der Waals surface area contributed by atoms with Crippen molar-refractivity contribution in [3.63, 3.8) is 0 Å². The van der Waals surface area contributed by atoms with Crippen LogP contribution in [0.15, 0.2) is 71.6 Å². The second kappa shape index (κ2) is 16.0. The fourth-order valence-corrected chi connectivity index (χ4v) is 9.08. The van der Waals surface area contributed by atoms with Crippen LogP contribution < -0.4 is 16.0 Å². The van der Waals surface area contributed by atoms with Crippen LogP contribution in [-0.4, -0.2) is 93.4 Å². The number of amides is 3. The monoisotopic (exact) mass is 691 g/mol. The number of piperidine rings is 2. The lowest BCUT2D eigenvalue weighted by molar-refractivity contribution is -0.140. The summed E-state index contributed by atoms with van der Waals surface area (Å²) < 4.78 is 33.2. The number of sulfonamides is 1. The number of anilines is 1. The molecular formula is C37H49N5O6S. The fraction of sp³-hybridized carbons (Fsp3) is 0.541. The van der Waals surface area contributed by atoms with E-state index in [1.807, 2.05) is 30.3 Å². The van der Waals surface area contributed by atoms with Crippen LogP contribution in [0.3, 0.4) is 0 Å². The smallest absolute Gasteiger partial charge is 0.243 e. The standard InChI is InChI=1S/C37H49N5O6S/c43-34(38-30-12-14-31(15-13-30)49(46,47)42-20-7-2-8-21-42)27-41-22-16-32-29(26-41)11-5-6-17-37(18-23-48-24-19-37)36(45)40-33(35(44)39-32)25-28-9-3-1-4-10-28/h1,3-6,9-10,12-15,29,32-33H,2,7-8,11,16-27H2,(H,38,43)(H,39,44)(H,40,45)/b6-5+/t29-,32+,33-/m1/s1. The van der Waals surface area contributed by atoms with Crippen molar-refractivity contribution in [3.05, 3.63) is 72.3 Å². The molecule has 3 atom stereocenters. The zero-order chi connectivity index (χ0) is 34.3. The number of rotatable bonds is 7. The molecule has 3 N–H and O–H groups in total. The van der Waals surface area contributed by atoms with Gasteiger partial charge < -0.3 is 20.7 Å². The molecule has 12 heteroatoms. The fourth-order valence-electron chi connectivity index (χ4n) is 7.57. The molecule has 3 fully saturated rings. The number of hydrogen-bond donors (Lipinski definition) is 3. The maximum absolute atomic E-state index is 13.9. The molecule has 0 unspecified atom stereocenters. The number of allylic oxidation sites excluding steroid dienone is 2. The number of ether oxygens (including phenoxy) is 1. The average molecular weight is 692 g/mol. The van der Waals surface area contributed by atoms with Gasteiger partial charge in [-0.3, -0.25) is 19.3 Å². The number of carbonyl (C=O) groups excluding carboxylic acids is 3. The highest BCUT2D eigenvalue weighted by molar-refractivity contribution is 7.89. The van der Waals surface area contributed by atoms with Crippen LogP contribution in [0.25, 0.3) is 0 Å². The summed E-state index contributed by atoms with van der Waals surface area (Å²) >= 11 is 0. The van der Waals surface area contributed by atoms with Crippen molar-refractivity contribution in [1.82, 2.24) is 19.8 Å². The predicted molar refractivity (Wildman–Crippen MR) is 187 cm³/mol. The first kappa shape index (κ1) is 35.3. The van der Waals surface area contributed by atoms with Crippen molar-refractivity contribution in [3.8, 4) is 0 Å². The van der Waals surface area contributed by atoms with Gasteiger partial charge in [0.05, 0.1) is 16.9 Å². The lowest BCUT2D eigenvalue weighted by atomic mass is 9.75. The molecule has 0 saturated carbocycles. The lowest BCUT2D eigenvalue weighted by Gasteiger charge is -2.40. The van der Waals surface area contributed by atoms with Gasteiger partial charge in [-0.2, -0.15) is 4.31 Å². The Morgan fingerprint density at radius 1 is 0.918 bits per heavy atom. The topological polar surface area (TPSA) is 137 Å². The minimum atomic E-state index is -3.54. The number of hydrogen-bond acceptors (Lipinski definition) is 7. The van der Waals surface area contributed by atoms with E-state index < -0.39 is 21.5 Å². The maximum atomic E-state index is 13.9. The van der Waals surface area contributed by atoms with E-state index in [0.29, 0.717) is 83.6 Å². The maximum Gasteiger partial charge on any atom is 0.243 e. The van der Waals surface area contributed by atoms with E-state index in [2.05, 4.69) is 33.0 Å². The number of likely N-dealkylation sites (tertiary alicyclic amines) is 1. The van der Waals surface area contributed by atoms with E-state index in [4.69, 9.17) is 4.74 Å². The predicted octanol–water partition coefficient (Wildman–Crippen LogP) is 3.48. The Labute approximate surface area is 289 Å². The normalized spacial score (nSPS) is 26.3. The number of nitrogens with one attached hydrogen (secondary N) is 3. The van der Waals surface area contributed by atoms with Gasteiger partial charge in [-0.15, -0.1) is 0 Å². The molecule has 2 aromatic carbocycles. The first-order valence-electron chi connectivity index (χ1n) is 17.7. The number of nitrogens with zero attached hydrogens (tertiary/aromatic N) is 2. The molecule has 49 heavy (non-hydrogen) atoms. The highest BCUT2D eigenvalue weighted by Crippen LogP contribution is 2.36. The molecule has 0 bridgehead atoms. The van der Waals surface area contributed by atoms with Crippen LogP contribution in [0.5, 0.6) is 0 Å². The molecule has 264 valence electrons. The third-order valence-electron chi connectivity index (χ3n) is 10.6. The highest BCUT2D eigenvalue weighted by Gasteiger charge is 2.41. The Morgan fingerprint density at radius 2 is 1.65 bits per heavy atom. The molecule has 3 saturated heterocycles. The lowest BCUT2D eigenvalue weighted by Crippen LogP contribution is -2.58. The summed E-state index contributed by atoms with van der Waals surface area (Å²) in [7, 11) is -3.54. The largest absolute Gasteiger partial charge is 0.381 e. The Kier molecular flexibility index (Phi) is 11.5. The summed E-state index contributed by atoms with van der Waals surface area (Å²) in [5.41, 5.74) is 0.911. The molecular weight excluding hydrogens is 643 g/mol. The molecule has 4 aliphatic rings. The van der Waals surface area contributed by atoms with E-state index in [1.54, 1.807) is 24.3 Å². The minimum absolute atomic E-state index is 0.0826. The molecule has 0 radical (unpaired) electrons. The summed E-state index contributed by atoms with van der Waals surface area (Å²) in [6, 6.07) is 15.4. The van der Waals surface area contributed by atoms with Crippen LogP contribution in [0, 0.1) is 11.3 Å². The summed E-state index contributed by atoms with van der Waals surface area (Å²) in [6.45, 7) is 3.55. The van der Waals surface area contributed by atoms with Gasteiger partial charge in [0.1, 0.15) is 6.04 Å².